The van der Waals surface area contributed by atoms with Crippen molar-refractivity contribution in [3.63, 3.8) is 0 Å². The van der Waals surface area contributed by atoms with Gasteiger partial charge in [-0.25, -0.2) is 0 Å². The summed E-state index contributed by atoms with van der Waals surface area (Å²) in [7, 11) is 1.71. The molecule has 1 atom stereocenters. The van der Waals surface area contributed by atoms with Gasteiger partial charge in [-0.05, 0) is 32.8 Å². The fraction of sp³-hybridized carbons (Fsp3) is 0.727. The van der Waals surface area contributed by atoms with E-state index in [-0.39, 0.29) is 6.04 Å². The number of methoxy groups -OCH3 is 1. The van der Waals surface area contributed by atoms with E-state index in [1.807, 2.05) is 11.6 Å². The zero-order valence-corrected chi connectivity index (χ0v) is 9.86. The largest absolute Gasteiger partial charge is 0.385 e. The number of aromatic nitrogens is 2. The Hall–Kier alpha value is -0.870. The highest BCUT2D eigenvalue weighted by Gasteiger charge is 2.12. The van der Waals surface area contributed by atoms with Crippen molar-refractivity contribution in [1.82, 2.24) is 9.78 Å². The smallest absolute Gasteiger partial charge is 0.0597 e. The van der Waals surface area contributed by atoms with Crippen LogP contribution in [0.25, 0.3) is 0 Å². The lowest BCUT2D eigenvalue weighted by molar-refractivity contribution is 0.190. The molecule has 0 radical (unpaired) electrons. The van der Waals surface area contributed by atoms with E-state index < -0.39 is 0 Å². The van der Waals surface area contributed by atoms with Crippen molar-refractivity contribution in [2.45, 2.75) is 39.3 Å². The molecule has 1 heterocycles. The van der Waals surface area contributed by atoms with Crippen molar-refractivity contribution < 1.29 is 4.74 Å². The fourth-order valence-corrected chi connectivity index (χ4v) is 1.71. The zero-order chi connectivity index (χ0) is 11.3. The second kappa shape index (κ2) is 5.88. The number of ether oxygens (including phenoxy) is 1. The van der Waals surface area contributed by atoms with E-state index in [1.165, 1.54) is 0 Å². The molecule has 1 aromatic heterocycles. The van der Waals surface area contributed by atoms with Gasteiger partial charge in [-0.2, -0.15) is 5.10 Å². The quantitative estimate of drug-likeness (QED) is 0.728. The summed E-state index contributed by atoms with van der Waals surface area (Å²) >= 11 is 0. The van der Waals surface area contributed by atoms with E-state index in [2.05, 4.69) is 18.1 Å². The van der Waals surface area contributed by atoms with Crippen LogP contribution in [0.4, 0.5) is 0 Å². The maximum Gasteiger partial charge on any atom is 0.0597 e. The van der Waals surface area contributed by atoms with Crippen LogP contribution in [0.3, 0.4) is 0 Å². The van der Waals surface area contributed by atoms with Crippen LogP contribution in [0.2, 0.25) is 0 Å². The third kappa shape index (κ3) is 3.32. The molecule has 0 aliphatic heterocycles. The second-order valence-electron chi connectivity index (χ2n) is 3.77. The minimum absolute atomic E-state index is 0.0706. The SMILES string of the molecule is CCn1nc(C)cc1C(N)CCCOC. The van der Waals surface area contributed by atoms with Crippen LogP contribution in [0.5, 0.6) is 0 Å². The Labute approximate surface area is 91.4 Å². The van der Waals surface area contributed by atoms with E-state index in [9.17, 15) is 0 Å². The number of hydrogen-bond donors (Lipinski definition) is 1. The number of rotatable bonds is 6. The van der Waals surface area contributed by atoms with Gasteiger partial charge in [-0.3, -0.25) is 4.68 Å². The minimum atomic E-state index is 0.0706. The second-order valence-corrected chi connectivity index (χ2v) is 3.77. The number of nitrogens with zero attached hydrogens (tertiary/aromatic N) is 2. The number of nitrogens with two attached hydrogens (primary N) is 1. The average molecular weight is 211 g/mol. The molecule has 0 aliphatic rings. The molecule has 0 fully saturated rings. The van der Waals surface area contributed by atoms with Crippen molar-refractivity contribution in [3.05, 3.63) is 17.5 Å². The summed E-state index contributed by atoms with van der Waals surface area (Å²) in [5.74, 6) is 0. The van der Waals surface area contributed by atoms with E-state index in [4.69, 9.17) is 10.5 Å². The third-order valence-corrected chi connectivity index (χ3v) is 2.48. The van der Waals surface area contributed by atoms with Crippen molar-refractivity contribution in [2.75, 3.05) is 13.7 Å². The molecule has 1 unspecified atom stereocenters. The zero-order valence-electron chi connectivity index (χ0n) is 9.86. The van der Waals surface area contributed by atoms with Gasteiger partial charge < -0.3 is 10.5 Å². The molecule has 1 rings (SSSR count). The first-order valence-corrected chi connectivity index (χ1v) is 5.48. The molecule has 0 aromatic carbocycles. The van der Waals surface area contributed by atoms with Gasteiger partial charge in [-0.15, -0.1) is 0 Å². The monoisotopic (exact) mass is 211 g/mol. The van der Waals surface area contributed by atoms with Gasteiger partial charge in [0.25, 0.3) is 0 Å². The van der Waals surface area contributed by atoms with Gasteiger partial charge in [-0.1, -0.05) is 0 Å². The Morgan fingerprint density at radius 2 is 2.33 bits per heavy atom. The van der Waals surface area contributed by atoms with Gasteiger partial charge in [0.15, 0.2) is 0 Å². The molecular weight excluding hydrogens is 190 g/mol. The van der Waals surface area contributed by atoms with Crippen molar-refractivity contribution in [3.8, 4) is 0 Å². The summed E-state index contributed by atoms with van der Waals surface area (Å²) in [6.07, 6.45) is 1.94. The van der Waals surface area contributed by atoms with Crippen LogP contribution in [-0.4, -0.2) is 23.5 Å². The van der Waals surface area contributed by atoms with Crippen LogP contribution in [-0.2, 0) is 11.3 Å². The molecule has 0 saturated carbocycles. The van der Waals surface area contributed by atoms with Crippen molar-refractivity contribution >= 4 is 0 Å². The molecule has 0 spiro atoms. The summed E-state index contributed by atoms with van der Waals surface area (Å²) in [6, 6.07) is 2.14. The summed E-state index contributed by atoms with van der Waals surface area (Å²) in [5, 5.41) is 4.38. The van der Waals surface area contributed by atoms with Crippen molar-refractivity contribution in [2.24, 2.45) is 5.73 Å². The lowest BCUT2D eigenvalue weighted by Gasteiger charge is -2.12. The summed E-state index contributed by atoms with van der Waals surface area (Å²) in [6.45, 7) is 5.73. The lowest BCUT2D eigenvalue weighted by Crippen LogP contribution is -2.16. The predicted molar refractivity (Wildman–Crippen MR) is 60.7 cm³/mol. The molecule has 0 saturated heterocycles. The van der Waals surface area contributed by atoms with Gasteiger partial charge in [0.2, 0.25) is 0 Å². The van der Waals surface area contributed by atoms with Crippen LogP contribution >= 0.6 is 0 Å². The third-order valence-electron chi connectivity index (χ3n) is 2.48. The first-order chi connectivity index (χ1) is 7.19. The number of aryl methyl sites for hydroxylation is 2. The summed E-state index contributed by atoms with van der Waals surface area (Å²) in [5.41, 5.74) is 8.28. The Morgan fingerprint density at radius 3 is 2.93 bits per heavy atom. The van der Waals surface area contributed by atoms with Crippen LogP contribution in [0.1, 0.15) is 37.2 Å². The van der Waals surface area contributed by atoms with E-state index in [1.54, 1.807) is 7.11 Å². The molecule has 15 heavy (non-hydrogen) atoms. The van der Waals surface area contributed by atoms with Crippen LogP contribution < -0.4 is 5.73 Å². The first kappa shape index (κ1) is 12.2. The molecule has 0 amide bonds. The van der Waals surface area contributed by atoms with Crippen molar-refractivity contribution in [1.29, 1.82) is 0 Å². The van der Waals surface area contributed by atoms with Gasteiger partial charge >= 0.3 is 0 Å². The molecule has 4 heteroatoms. The molecule has 1 aromatic rings. The highest BCUT2D eigenvalue weighted by Crippen LogP contribution is 2.16. The standard InChI is InChI=1S/C11H21N3O/c1-4-14-11(8-9(2)13-14)10(12)6-5-7-15-3/h8,10H,4-7,12H2,1-3H3. The molecule has 4 nitrogen and oxygen atoms in total. The molecule has 0 bridgehead atoms. The Kier molecular flexibility index (Phi) is 4.78. The molecular formula is C11H21N3O. The summed E-state index contributed by atoms with van der Waals surface area (Å²) < 4.78 is 6.99. The highest BCUT2D eigenvalue weighted by atomic mass is 16.5. The van der Waals surface area contributed by atoms with Gasteiger partial charge in [0.05, 0.1) is 11.4 Å². The Morgan fingerprint density at radius 1 is 1.60 bits per heavy atom. The minimum Gasteiger partial charge on any atom is -0.385 e. The van der Waals surface area contributed by atoms with Gasteiger partial charge in [0, 0.05) is 26.3 Å². The summed E-state index contributed by atoms with van der Waals surface area (Å²) in [4.78, 5) is 0. The first-order valence-electron chi connectivity index (χ1n) is 5.48. The van der Waals surface area contributed by atoms with E-state index in [0.29, 0.717) is 0 Å². The highest BCUT2D eigenvalue weighted by molar-refractivity contribution is 5.12. The van der Waals surface area contributed by atoms with E-state index >= 15 is 0 Å². The van der Waals surface area contributed by atoms with Gasteiger partial charge in [0.1, 0.15) is 0 Å². The van der Waals surface area contributed by atoms with Crippen LogP contribution in [0.15, 0.2) is 6.07 Å². The Bertz CT molecular complexity index is 296. The maximum absolute atomic E-state index is 6.11. The van der Waals surface area contributed by atoms with E-state index in [0.717, 1.165) is 37.4 Å². The maximum atomic E-state index is 6.11. The molecule has 2 N–H and O–H groups in total. The predicted octanol–water partition coefficient (Wildman–Crippen LogP) is 1.64. The number of hydrogen-bond acceptors (Lipinski definition) is 3. The fourth-order valence-electron chi connectivity index (χ4n) is 1.71. The van der Waals surface area contributed by atoms with Crippen LogP contribution in [0, 0.1) is 6.92 Å². The lowest BCUT2D eigenvalue weighted by atomic mass is 10.1. The normalized spacial score (nSPS) is 13.1. The molecule has 86 valence electrons. The topological polar surface area (TPSA) is 53.1 Å². The average Bonchev–Trinajstić information content (AvgIpc) is 2.60. The Balaban J connectivity index is 2.59. The molecule has 0 aliphatic carbocycles.